The highest BCUT2D eigenvalue weighted by Gasteiger charge is 2.25. The summed E-state index contributed by atoms with van der Waals surface area (Å²) in [5.41, 5.74) is 0.897. The van der Waals surface area contributed by atoms with Gasteiger partial charge in [-0.15, -0.1) is 10.2 Å². The van der Waals surface area contributed by atoms with E-state index in [9.17, 15) is 9.59 Å². The molecule has 3 aromatic rings. The highest BCUT2D eigenvalue weighted by atomic mass is 32.2. The third kappa shape index (κ3) is 7.12. The summed E-state index contributed by atoms with van der Waals surface area (Å²) >= 11 is 1.47. The van der Waals surface area contributed by atoms with Crippen molar-refractivity contribution in [2.24, 2.45) is 7.05 Å². The number of nitrogens with one attached hydrogen (secondary N) is 2. The zero-order valence-electron chi connectivity index (χ0n) is 18.5. The molecule has 1 unspecified atom stereocenters. The molecule has 2 aromatic carbocycles. The molecular weight excluding hydrogens is 426 g/mol. The van der Waals surface area contributed by atoms with Crippen LogP contribution in [0.3, 0.4) is 0 Å². The van der Waals surface area contributed by atoms with Gasteiger partial charge in [-0.1, -0.05) is 30.3 Å². The molecule has 3 rings (SSSR count). The fourth-order valence-electron chi connectivity index (χ4n) is 2.81. The molecule has 1 heterocycles. The van der Waals surface area contributed by atoms with Crippen molar-refractivity contribution in [3.05, 3.63) is 66.5 Å². The van der Waals surface area contributed by atoms with E-state index in [-0.39, 0.29) is 5.91 Å². The third-order valence-electron chi connectivity index (χ3n) is 4.29. The quantitative estimate of drug-likeness (QED) is 0.560. The number of carbonyl (C=O) groups is 2. The second-order valence-electron chi connectivity index (χ2n) is 8.23. The van der Waals surface area contributed by atoms with Crippen LogP contribution in [0.5, 0.6) is 0 Å². The SMILES string of the molecule is Cn1cnnc1Sc1ccc(NC(=O)C(Cc2ccccc2)NC(=O)OC(C)(C)C)cc1. The normalized spacial score (nSPS) is 12.1. The van der Waals surface area contributed by atoms with Gasteiger partial charge < -0.3 is 19.9 Å². The van der Waals surface area contributed by atoms with Gasteiger partial charge in [-0.3, -0.25) is 4.79 Å². The van der Waals surface area contributed by atoms with E-state index in [1.165, 1.54) is 11.8 Å². The van der Waals surface area contributed by atoms with Crippen LogP contribution >= 0.6 is 11.8 Å². The number of anilines is 1. The van der Waals surface area contributed by atoms with Crippen LogP contribution in [0.2, 0.25) is 0 Å². The Labute approximate surface area is 191 Å². The maximum atomic E-state index is 13.0. The van der Waals surface area contributed by atoms with Gasteiger partial charge in [0.25, 0.3) is 0 Å². The van der Waals surface area contributed by atoms with Crippen molar-refractivity contribution < 1.29 is 14.3 Å². The second-order valence-corrected chi connectivity index (χ2v) is 9.27. The number of nitrogens with zero attached hydrogens (tertiary/aromatic N) is 3. The molecular formula is C23H27N5O3S. The standard InChI is InChI=1S/C23H27N5O3S/c1-23(2,3)31-22(30)26-19(14-16-8-6-5-7-9-16)20(29)25-17-10-12-18(13-11-17)32-21-27-24-15-28(21)4/h5-13,15,19H,14H2,1-4H3,(H,25,29)(H,26,30). The van der Waals surface area contributed by atoms with Gasteiger partial charge in [-0.2, -0.15) is 0 Å². The second kappa shape index (κ2) is 10.3. The van der Waals surface area contributed by atoms with Gasteiger partial charge >= 0.3 is 6.09 Å². The zero-order valence-corrected chi connectivity index (χ0v) is 19.3. The topological polar surface area (TPSA) is 98.1 Å². The molecule has 1 aromatic heterocycles. The van der Waals surface area contributed by atoms with E-state index in [1.807, 2.05) is 66.2 Å². The van der Waals surface area contributed by atoms with Crippen LogP contribution in [0.4, 0.5) is 10.5 Å². The number of amides is 2. The predicted octanol–water partition coefficient (Wildman–Crippen LogP) is 4.04. The Morgan fingerprint density at radius 1 is 1.09 bits per heavy atom. The van der Waals surface area contributed by atoms with Gasteiger partial charge in [0.15, 0.2) is 5.16 Å². The third-order valence-corrected chi connectivity index (χ3v) is 5.35. The molecule has 0 bridgehead atoms. The number of aryl methyl sites for hydroxylation is 1. The lowest BCUT2D eigenvalue weighted by molar-refractivity contribution is -0.118. The molecule has 0 saturated carbocycles. The molecule has 2 N–H and O–H groups in total. The zero-order chi connectivity index (χ0) is 23.1. The summed E-state index contributed by atoms with van der Waals surface area (Å²) in [5, 5.41) is 14.3. The fourth-order valence-corrected chi connectivity index (χ4v) is 3.58. The summed E-state index contributed by atoms with van der Waals surface area (Å²) in [6, 6.07) is 16.1. The van der Waals surface area contributed by atoms with Crippen molar-refractivity contribution in [1.82, 2.24) is 20.1 Å². The highest BCUT2D eigenvalue weighted by molar-refractivity contribution is 7.99. The number of ether oxygens (including phenoxy) is 1. The minimum absolute atomic E-state index is 0.326. The largest absolute Gasteiger partial charge is 0.444 e. The molecule has 2 amide bonds. The number of aromatic nitrogens is 3. The monoisotopic (exact) mass is 453 g/mol. The first kappa shape index (κ1) is 23.3. The molecule has 0 spiro atoms. The molecule has 0 saturated heterocycles. The predicted molar refractivity (Wildman–Crippen MR) is 124 cm³/mol. The average molecular weight is 454 g/mol. The minimum Gasteiger partial charge on any atom is -0.444 e. The number of hydrogen-bond donors (Lipinski definition) is 2. The number of carbonyl (C=O) groups excluding carboxylic acids is 2. The lowest BCUT2D eigenvalue weighted by atomic mass is 10.1. The van der Waals surface area contributed by atoms with Crippen molar-refractivity contribution in [2.45, 2.75) is 48.9 Å². The first-order valence-corrected chi connectivity index (χ1v) is 11.0. The summed E-state index contributed by atoms with van der Waals surface area (Å²) in [5.74, 6) is -0.326. The first-order chi connectivity index (χ1) is 15.2. The van der Waals surface area contributed by atoms with Gasteiger partial charge in [0.1, 0.15) is 18.0 Å². The number of rotatable bonds is 7. The summed E-state index contributed by atoms with van der Waals surface area (Å²) in [7, 11) is 1.88. The van der Waals surface area contributed by atoms with Crippen molar-refractivity contribution in [2.75, 3.05) is 5.32 Å². The van der Waals surface area contributed by atoms with E-state index in [1.54, 1.807) is 27.1 Å². The molecule has 32 heavy (non-hydrogen) atoms. The number of hydrogen-bond acceptors (Lipinski definition) is 6. The molecule has 168 valence electrons. The molecule has 0 fully saturated rings. The van der Waals surface area contributed by atoms with Gasteiger partial charge in [-0.05, 0) is 62.4 Å². The summed E-state index contributed by atoms with van der Waals surface area (Å²) in [6.45, 7) is 5.33. The molecule has 8 nitrogen and oxygen atoms in total. The molecule has 0 aliphatic rings. The van der Waals surface area contributed by atoms with E-state index in [2.05, 4.69) is 20.8 Å². The summed E-state index contributed by atoms with van der Waals surface area (Å²) < 4.78 is 7.17. The Morgan fingerprint density at radius 3 is 2.38 bits per heavy atom. The van der Waals surface area contributed by atoms with E-state index < -0.39 is 17.7 Å². The van der Waals surface area contributed by atoms with E-state index in [4.69, 9.17) is 4.74 Å². The Bertz CT molecular complexity index is 1050. The Hall–Kier alpha value is -3.33. The summed E-state index contributed by atoms with van der Waals surface area (Å²) in [4.78, 5) is 26.3. The van der Waals surface area contributed by atoms with Gasteiger partial charge in [-0.25, -0.2) is 4.79 Å². The maximum Gasteiger partial charge on any atom is 0.408 e. The van der Waals surface area contributed by atoms with Gasteiger partial charge in [0.2, 0.25) is 5.91 Å². The molecule has 0 radical (unpaired) electrons. The smallest absolute Gasteiger partial charge is 0.408 e. The Balaban J connectivity index is 1.68. The van der Waals surface area contributed by atoms with E-state index in [0.717, 1.165) is 15.6 Å². The maximum absolute atomic E-state index is 13.0. The van der Waals surface area contributed by atoms with Crippen molar-refractivity contribution in [1.29, 1.82) is 0 Å². The lowest BCUT2D eigenvalue weighted by Gasteiger charge is -2.23. The molecule has 0 aliphatic heterocycles. The van der Waals surface area contributed by atoms with Crippen LogP contribution in [0.1, 0.15) is 26.3 Å². The van der Waals surface area contributed by atoms with Crippen LogP contribution in [-0.4, -0.2) is 38.4 Å². The van der Waals surface area contributed by atoms with Gasteiger partial charge in [0, 0.05) is 24.1 Å². The van der Waals surface area contributed by atoms with Crippen molar-refractivity contribution in [3.8, 4) is 0 Å². The number of alkyl carbamates (subject to hydrolysis) is 1. The minimum atomic E-state index is -0.792. The van der Waals surface area contributed by atoms with Crippen LogP contribution in [0.15, 0.2) is 71.0 Å². The van der Waals surface area contributed by atoms with E-state index in [0.29, 0.717) is 12.1 Å². The average Bonchev–Trinajstić information content (AvgIpc) is 3.13. The molecule has 1 atom stereocenters. The Morgan fingerprint density at radius 2 is 1.78 bits per heavy atom. The van der Waals surface area contributed by atoms with Crippen molar-refractivity contribution in [3.63, 3.8) is 0 Å². The van der Waals surface area contributed by atoms with E-state index >= 15 is 0 Å². The Kier molecular flexibility index (Phi) is 7.53. The van der Waals surface area contributed by atoms with Crippen LogP contribution in [0.25, 0.3) is 0 Å². The molecule has 0 aliphatic carbocycles. The lowest BCUT2D eigenvalue weighted by Crippen LogP contribution is -2.47. The fraction of sp³-hybridized carbons (Fsp3) is 0.304. The van der Waals surface area contributed by atoms with Crippen LogP contribution < -0.4 is 10.6 Å². The van der Waals surface area contributed by atoms with Crippen LogP contribution in [0, 0.1) is 0 Å². The summed E-state index contributed by atoms with van der Waals surface area (Å²) in [6.07, 6.45) is 1.34. The van der Waals surface area contributed by atoms with Gasteiger partial charge in [0.05, 0.1) is 0 Å². The first-order valence-electron chi connectivity index (χ1n) is 10.2. The van der Waals surface area contributed by atoms with Crippen molar-refractivity contribution >= 4 is 29.4 Å². The molecule has 9 heteroatoms. The highest BCUT2D eigenvalue weighted by Crippen LogP contribution is 2.26. The van der Waals surface area contributed by atoms with Crippen LogP contribution in [-0.2, 0) is 23.0 Å². The number of benzene rings is 2.